The molecule has 7 nitrogen and oxygen atoms in total. The van der Waals surface area contributed by atoms with Gasteiger partial charge in [0.1, 0.15) is 5.82 Å². The lowest BCUT2D eigenvalue weighted by molar-refractivity contribution is -0.116. The van der Waals surface area contributed by atoms with E-state index in [0.29, 0.717) is 30.5 Å². The fourth-order valence-electron chi connectivity index (χ4n) is 2.84. The normalized spacial score (nSPS) is 10.9. The summed E-state index contributed by atoms with van der Waals surface area (Å²) in [5.74, 6) is 1.54. The number of aryl methyl sites for hydroxylation is 2. The number of aromatic nitrogens is 4. The highest BCUT2D eigenvalue weighted by molar-refractivity contribution is 7.08. The maximum Gasteiger partial charge on any atom is 0.227 e. The van der Waals surface area contributed by atoms with Crippen LogP contribution in [0.25, 0.3) is 11.4 Å². The van der Waals surface area contributed by atoms with Crippen LogP contribution in [0, 0.1) is 6.92 Å². The molecule has 0 aliphatic heterocycles. The van der Waals surface area contributed by atoms with Crippen molar-refractivity contribution in [3.8, 4) is 11.4 Å². The molecular weight excluding hydrogens is 374 g/mol. The second-order valence-electron chi connectivity index (χ2n) is 6.44. The maximum atomic E-state index is 12.3. The number of thiophene rings is 1. The zero-order valence-electron chi connectivity index (χ0n) is 15.3. The van der Waals surface area contributed by atoms with Crippen molar-refractivity contribution in [2.24, 2.45) is 0 Å². The van der Waals surface area contributed by atoms with E-state index < -0.39 is 0 Å². The van der Waals surface area contributed by atoms with Gasteiger partial charge in [-0.1, -0.05) is 35.0 Å². The molecule has 4 rings (SSSR count). The van der Waals surface area contributed by atoms with E-state index in [1.807, 2.05) is 29.0 Å². The Hall–Kier alpha value is -3.26. The van der Waals surface area contributed by atoms with Crippen LogP contribution >= 0.6 is 11.3 Å². The van der Waals surface area contributed by atoms with Crippen LogP contribution < -0.4 is 5.32 Å². The number of rotatable bonds is 7. The molecule has 0 bridgehead atoms. The average Bonchev–Trinajstić information content (AvgIpc) is 3.42. The molecule has 0 radical (unpaired) electrons. The summed E-state index contributed by atoms with van der Waals surface area (Å²) >= 11 is 1.57. The minimum atomic E-state index is -0.124. The topological polar surface area (TPSA) is 85.8 Å². The second kappa shape index (κ2) is 8.18. The minimum absolute atomic E-state index is 0.124. The predicted octanol–water partition coefficient (Wildman–Crippen LogP) is 3.92. The summed E-state index contributed by atoms with van der Waals surface area (Å²) < 4.78 is 7.01. The Morgan fingerprint density at radius 2 is 2.21 bits per heavy atom. The first kappa shape index (κ1) is 18.1. The van der Waals surface area contributed by atoms with E-state index >= 15 is 0 Å². The van der Waals surface area contributed by atoms with Crippen molar-refractivity contribution in [2.75, 3.05) is 5.32 Å². The summed E-state index contributed by atoms with van der Waals surface area (Å²) in [4.78, 5) is 16.7. The monoisotopic (exact) mass is 393 g/mol. The molecule has 0 fully saturated rings. The number of carbonyl (C=O) groups excluding carboxylic acids is 1. The smallest absolute Gasteiger partial charge is 0.227 e. The number of nitrogens with zero attached hydrogens (tertiary/aromatic N) is 4. The van der Waals surface area contributed by atoms with Crippen molar-refractivity contribution < 1.29 is 9.32 Å². The van der Waals surface area contributed by atoms with Crippen molar-refractivity contribution in [3.63, 3.8) is 0 Å². The zero-order chi connectivity index (χ0) is 19.3. The first-order valence-electron chi connectivity index (χ1n) is 8.90. The van der Waals surface area contributed by atoms with Crippen LogP contribution in [0.2, 0.25) is 0 Å². The molecule has 1 N–H and O–H groups in total. The summed E-state index contributed by atoms with van der Waals surface area (Å²) in [5, 5.41) is 15.1. The Balaban J connectivity index is 1.34. The summed E-state index contributed by atoms with van der Waals surface area (Å²) in [6.45, 7) is 2.65. The first-order valence-corrected chi connectivity index (χ1v) is 9.84. The molecule has 1 amide bonds. The maximum absolute atomic E-state index is 12.3. The molecule has 3 aromatic heterocycles. The lowest BCUT2D eigenvalue weighted by Gasteiger charge is -2.09. The van der Waals surface area contributed by atoms with Crippen molar-refractivity contribution in [2.45, 2.75) is 26.3 Å². The van der Waals surface area contributed by atoms with Crippen molar-refractivity contribution in [3.05, 3.63) is 70.4 Å². The Morgan fingerprint density at radius 3 is 3.04 bits per heavy atom. The molecule has 8 heteroatoms. The third-order valence-electron chi connectivity index (χ3n) is 4.21. The Kier molecular flexibility index (Phi) is 5.29. The van der Waals surface area contributed by atoms with Gasteiger partial charge < -0.3 is 9.84 Å². The molecule has 0 spiro atoms. The van der Waals surface area contributed by atoms with Crippen molar-refractivity contribution in [1.82, 2.24) is 19.9 Å². The van der Waals surface area contributed by atoms with Gasteiger partial charge >= 0.3 is 0 Å². The molecule has 3 heterocycles. The highest BCUT2D eigenvalue weighted by atomic mass is 32.1. The minimum Gasteiger partial charge on any atom is -0.339 e. The van der Waals surface area contributed by atoms with Gasteiger partial charge in [-0.3, -0.25) is 4.79 Å². The molecule has 0 unspecified atom stereocenters. The van der Waals surface area contributed by atoms with E-state index in [4.69, 9.17) is 4.52 Å². The van der Waals surface area contributed by atoms with Gasteiger partial charge in [0.15, 0.2) is 0 Å². The molecule has 0 aliphatic carbocycles. The van der Waals surface area contributed by atoms with E-state index in [1.165, 1.54) is 5.56 Å². The van der Waals surface area contributed by atoms with Crippen LogP contribution in [0.15, 0.2) is 57.9 Å². The molecule has 4 aromatic rings. The summed E-state index contributed by atoms with van der Waals surface area (Å²) in [7, 11) is 0. The molecule has 1 aromatic carbocycles. The highest BCUT2D eigenvalue weighted by Gasteiger charge is 2.12. The van der Waals surface area contributed by atoms with Gasteiger partial charge in [0.25, 0.3) is 0 Å². The van der Waals surface area contributed by atoms with Gasteiger partial charge in [-0.15, -0.1) is 0 Å². The van der Waals surface area contributed by atoms with Crippen LogP contribution in [-0.4, -0.2) is 25.8 Å². The van der Waals surface area contributed by atoms with Gasteiger partial charge in [-0.05, 0) is 23.9 Å². The molecule has 0 saturated heterocycles. The SMILES string of the molecule is Cc1cccc(Cn2nccc2NC(=O)CCc2nc(-c3ccsc3)no2)c1. The second-order valence-corrected chi connectivity index (χ2v) is 7.22. The zero-order valence-corrected chi connectivity index (χ0v) is 16.1. The number of benzene rings is 1. The fraction of sp³-hybridized carbons (Fsp3) is 0.200. The standard InChI is InChI=1S/C20H19N5O2S/c1-14-3-2-4-15(11-14)12-25-17(7-9-21-25)22-18(26)5-6-19-23-20(24-27-19)16-8-10-28-13-16/h2-4,7-11,13H,5-6,12H2,1H3,(H,22,26). The number of amides is 1. The van der Waals surface area contributed by atoms with Crippen LogP contribution in [0.5, 0.6) is 0 Å². The van der Waals surface area contributed by atoms with Crippen LogP contribution in [0.3, 0.4) is 0 Å². The van der Waals surface area contributed by atoms with E-state index in [2.05, 4.69) is 39.6 Å². The molecule has 0 saturated carbocycles. The largest absolute Gasteiger partial charge is 0.339 e. The summed E-state index contributed by atoms with van der Waals surface area (Å²) in [6.07, 6.45) is 2.31. The first-order chi connectivity index (χ1) is 13.7. The van der Waals surface area contributed by atoms with E-state index in [-0.39, 0.29) is 12.3 Å². The van der Waals surface area contributed by atoms with E-state index in [9.17, 15) is 4.79 Å². The third kappa shape index (κ3) is 4.34. The molecule has 0 atom stereocenters. The number of hydrogen-bond acceptors (Lipinski definition) is 6. The fourth-order valence-corrected chi connectivity index (χ4v) is 3.47. The predicted molar refractivity (Wildman–Crippen MR) is 107 cm³/mol. The lowest BCUT2D eigenvalue weighted by atomic mass is 10.1. The molecule has 0 aliphatic rings. The van der Waals surface area contributed by atoms with E-state index in [0.717, 1.165) is 11.1 Å². The third-order valence-corrected chi connectivity index (χ3v) is 4.90. The number of carbonyl (C=O) groups is 1. The number of hydrogen-bond donors (Lipinski definition) is 1. The number of anilines is 1. The van der Waals surface area contributed by atoms with Crippen LogP contribution in [0.1, 0.15) is 23.4 Å². The molecular formula is C20H19N5O2S. The van der Waals surface area contributed by atoms with Gasteiger partial charge in [-0.2, -0.15) is 21.4 Å². The average molecular weight is 393 g/mol. The van der Waals surface area contributed by atoms with E-state index in [1.54, 1.807) is 28.3 Å². The Bertz CT molecular complexity index is 1070. The lowest BCUT2D eigenvalue weighted by Crippen LogP contribution is -2.16. The van der Waals surface area contributed by atoms with Crippen LogP contribution in [-0.2, 0) is 17.8 Å². The van der Waals surface area contributed by atoms with Crippen LogP contribution in [0.4, 0.5) is 5.82 Å². The molecule has 28 heavy (non-hydrogen) atoms. The van der Waals surface area contributed by atoms with Gasteiger partial charge in [-0.25, -0.2) is 4.68 Å². The summed E-state index contributed by atoms with van der Waals surface area (Å²) in [5.41, 5.74) is 3.24. The Morgan fingerprint density at radius 1 is 1.29 bits per heavy atom. The summed E-state index contributed by atoms with van der Waals surface area (Å²) in [6, 6.07) is 11.9. The quantitative estimate of drug-likeness (QED) is 0.514. The van der Waals surface area contributed by atoms with Gasteiger partial charge in [0.2, 0.25) is 17.6 Å². The van der Waals surface area contributed by atoms with Crippen molar-refractivity contribution in [1.29, 1.82) is 0 Å². The number of nitrogens with one attached hydrogen (secondary N) is 1. The Labute approximate surface area is 166 Å². The highest BCUT2D eigenvalue weighted by Crippen LogP contribution is 2.19. The van der Waals surface area contributed by atoms with Crippen molar-refractivity contribution >= 4 is 23.1 Å². The van der Waals surface area contributed by atoms with Gasteiger partial charge in [0, 0.05) is 29.9 Å². The van der Waals surface area contributed by atoms with Gasteiger partial charge in [0.05, 0.1) is 12.7 Å². The molecule has 142 valence electrons.